The monoisotopic (exact) mass is 348 g/mol. The van der Waals surface area contributed by atoms with E-state index in [2.05, 4.69) is 5.32 Å². The first-order chi connectivity index (χ1) is 11.9. The predicted molar refractivity (Wildman–Crippen MR) is 91.0 cm³/mol. The lowest BCUT2D eigenvalue weighted by Crippen LogP contribution is -2.51. The van der Waals surface area contributed by atoms with Crippen molar-refractivity contribution in [3.05, 3.63) is 41.1 Å². The Morgan fingerprint density at radius 2 is 2.00 bits per heavy atom. The van der Waals surface area contributed by atoms with Crippen molar-refractivity contribution in [1.82, 2.24) is 10.2 Å². The first kappa shape index (κ1) is 17.7. The topological polar surface area (TPSA) is 91.3 Å². The van der Waals surface area contributed by atoms with E-state index < -0.39 is 24.7 Å². The van der Waals surface area contributed by atoms with E-state index in [-0.39, 0.29) is 19.1 Å². The fourth-order valence-corrected chi connectivity index (χ4v) is 3.31. The molecule has 7 heteroatoms. The highest BCUT2D eigenvalue weighted by Crippen LogP contribution is 2.28. The van der Waals surface area contributed by atoms with E-state index >= 15 is 0 Å². The molecule has 7 nitrogen and oxygen atoms in total. The number of carbonyl (C=O) groups excluding carboxylic acids is 1. The SMILES string of the molecule is Cc1cc(C)c(OC2C=CN([C@H]3C[C@H](O)[C@@H](CO)O3)C(=O)N2)c(C)c1. The summed E-state index contributed by atoms with van der Waals surface area (Å²) in [5.74, 6) is 0.752. The molecule has 136 valence electrons. The Kier molecular flexibility index (Phi) is 4.99. The summed E-state index contributed by atoms with van der Waals surface area (Å²) in [5.41, 5.74) is 3.18. The molecular weight excluding hydrogens is 324 g/mol. The van der Waals surface area contributed by atoms with Crippen LogP contribution in [0.15, 0.2) is 24.4 Å². The minimum Gasteiger partial charge on any atom is -0.466 e. The molecule has 0 saturated carbocycles. The van der Waals surface area contributed by atoms with Crippen molar-refractivity contribution in [1.29, 1.82) is 0 Å². The molecule has 1 fully saturated rings. The average Bonchev–Trinajstić information content (AvgIpc) is 2.91. The molecule has 0 spiro atoms. The molecule has 0 radical (unpaired) electrons. The number of aliphatic hydroxyl groups excluding tert-OH is 2. The van der Waals surface area contributed by atoms with Crippen LogP contribution in [0.2, 0.25) is 0 Å². The lowest BCUT2D eigenvalue weighted by Gasteiger charge is -2.31. The van der Waals surface area contributed by atoms with Gasteiger partial charge in [-0.15, -0.1) is 0 Å². The van der Waals surface area contributed by atoms with Gasteiger partial charge < -0.3 is 19.7 Å². The minimum atomic E-state index is -0.789. The number of carbonyl (C=O) groups is 1. The van der Waals surface area contributed by atoms with Crippen molar-refractivity contribution in [3.63, 3.8) is 0 Å². The number of aliphatic hydroxyl groups is 2. The second kappa shape index (κ2) is 7.03. The number of amides is 2. The molecule has 25 heavy (non-hydrogen) atoms. The van der Waals surface area contributed by atoms with E-state index in [4.69, 9.17) is 14.6 Å². The molecule has 1 saturated heterocycles. The number of rotatable bonds is 4. The molecule has 1 aromatic carbocycles. The zero-order chi connectivity index (χ0) is 18.1. The number of hydrogen-bond acceptors (Lipinski definition) is 5. The zero-order valence-corrected chi connectivity index (χ0v) is 14.6. The van der Waals surface area contributed by atoms with Crippen LogP contribution in [0.3, 0.4) is 0 Å². The van der Waals surface area contributed by atoms with E-state index in [1.54, 1.807) is 12.3 Å². The molecule has 2 aliphatic heterocycles. The van der Waals surface area contributed by atoms with Gasteiger partial charge in [0.25, 0.3) is 0 Å². The van der Waals surface area contributed by atoms with Crippen LogP contribution in [0.25, 0.3) is 0 Å². The van der Waals surface area contributed by atoms with E-state index in [0.29, 0.717) is 0 Å². The number of urea groups is 1. The van der Waals surface area contributed by atoms with Crippen LogP contribution >= 0.6 is 0 Å². The molecular formula is C18H24N2O5. The van der Waals surface area contributed by atoms with Gasteiger partial charge >= 0.3 is 6.03 Å². The number of benzene rings is 1. The maximum Gasteiger partial charge on any atom is 0.326 e. The number of ether oxygens (including phenoxy) is 2. The number of nitrogens with one attached hydrogen (secondary N) is 1. The highest BCUT2D eigenvalue weighted by Gasteiger charge is 2.39. The lowest BCUT2D eigenvalue weighted by molar-refractivity contribution is -0.0552. The third-order valence-electron chi connectivity index (χ3n) is 4.47. The van der Waals surface area contributed by atoms with Gasteiger partial charge in [0.2, 0.25) is 0 Å². The van der Waals surface area contributed by atoms with E-state index in [1.807, 2.05) is 32.9 Å². The summed E-state index contributed by atoms with van der Waals surface area (Å²) in [6, 6.07) is 3.70. The van der Waals surface area contributed by atoms with Crippen LogP contribution in [0, 0.1) is 20.8 Å². The van der Waals surface area contributed by atoms with Crippen molar-refractivity contribution < 1.29 is 24.5 Å². The van der Waals surface area contributed by atoms with Crippen molar-refractivity contribution in [2.75, 3.05) is 6.61 Å². The van der Waals surface area contributed by atoms with Gasteiger partial charge in [0.1, 0.15) is 18.1 Å². The first-order valence-electron chi connectivity index (χ1n) is 8.35. The Morgan fingerprint density at radius 1 is 1.32 bits per heavy atom. The number of hydrogen-bond donors (Lipinski definition) is 3. The third kappa shape index (κ3) is 3.63. The molecule has 2 aliphatic rings. The van der Waals surface area contributed by atoms with Crippen LogP contribution in [0.5, 0.6) is 5.75 Å². The van der Waals surface area contributed by atoms with Crippen LogP contribution in [0.4, 0.5) is 4.79 Å². The molecule has 0 aromatic heterocycles. The summed E-state index contributed by atoms with van der Waals surface area (Å²) in [4.78, 5) is 13.7. The van der Waals surface area contributed by atoms with Gasteiger partial charge in [-0.3, -0.25) is 10.2 Å². The molecule has 4 atom stereocenters. The van der Waals surface area contributed by atoms with E-state index in [1.165, 1.54) is 4.90 Å². The van der Waals surface area contributed by atoms with Crippen LogP contribution in [0.1, 0.15) is 23.1 Å². The molecule has 0 bridgehead atoms. The summed E-state index contributed by atoms with van der Waals surface area (Å²) in [6.45, 7) is 5.69. The average molecular weight is 348 g/mol. The van der Waals surface area contributed by atoms with E-state index in [0.717, 1.165) is 22.4 Å². The minimum absolute atomic E-state index is 0.255. The summed E-state index contributed by atoms with van der Waals surface area (Å²) in [5, 5.41) is 21.7. The summed E-state index contributed by atoms with van der Waals surface area (Å²) >= 11 is 0. The Labute approximate surface area is 146 Å². The largest absolute Gasteiger partial charge is 0.466 e. The molecule has 1 unspecified atom stereocenters. The fourth-order valence-electron chi connectivity index (χ4n) is 3.31. The molecule has 2 heterocycles. The fraction of sp³-hybridized carbons (Fsp3) is 0.500. The molecule has 2 amide bonds. The van der Waals surface area contributed by atoms with Crippen molar-refractivity contribution in [3.8, 4) is 5.75 Å². The third-order valence-corrected chi connectivity index (χ3v) is 4.47. The smallest absolute Gasteiger partial charge is 0.326 e. The second-order valence-corrected chi connectivity index (χ2v) is 6.58. The van der Waals surface area contributed by atoms with Gasteiger partial charge in [0.15, 0.2) is 6.23 Å². The summed E-state index contributed by atoms with van der Waals surface area (Å²) in [7, 11) is 0. The Morgan fingerprint density at radius 3 is 2.56 bits per heavy atom. The summed E-state index contributed by atoms with van der Waals surface area (Å²) < 4.78 is 11.5. The quantitative estimate of drug-likeness (QED) is 0.763. The second-order valence-electron chi connectivity index (χ2n) is 6.58. The van der Waals surface area contributed by atoms with Gasteiger partial charge in [0, 0.05) is 12.6 Å². The standard InChI is InChI=1S/C18H24N2O5/c1-10-6-11(2)17(12(3)7-10)25-15-4-5-20(18(23)19-15)16-8-13(22)14(9-21)24-16/h4-7,13-16,21-22H,8-9H2,1-3H3,(H,19,23)/t13-,14+,15?,16+/m0/s1. The first-order valence-corrected chi connectivity index (χ1v) is 8.35. The number of aryl methyl sites for hydroxylation is 3. The van der Waals surface area contributed by atoms with Crippen LogP contribution in [-0.4, -0.2) is 52.4 Å². The van der Waals surface area contributed by atoms with Crippen LogP contribution in [-0.2, 0) is 4.74 Å². The normalized spacial score (nSPS) is 29.0. The van der Waals surface area contributed by atoms with Gasteiger partial charge in [0.05, 0.1) is 12.7 Å². The molecule has 1 aromatic rings. The highest BCUT2D eigenvalue weighted by atomic mass is 16.5. The van der Waals surface area contributed by atoms with Gasteiger partial charge in [-0.25, -0.2) is 4.79 Å². The summed E-state index contributed by atoms with van der Waals surface area (Å²) in [6.07, 6.45) is 0.934. The Bertz CT molecular complexity index is 667. The van der Waals surface area contributed by atoms with Crippen LogP contribution < -0.4 is 10.1 Å². The van der Waals surface area contributed by atoms with Gasteiger partial charge in [-0.1, -0.05) is 17.7 Å². The van der Waals surface area contributed by atoms with Crippen molar-refractivity contribution in [2.24, 2.45) is 0 Å². The Balaban J connectivity index is 1.69. The predicted octanol–water partition coefficient (Wildman–Crippen LogP) is 1.32. The van der Waals surface area contributed by atoms with E-state index in [9.17, 15) is 9.90 Å². The zero-order valence-electron chi connectivity index (χ0n) is 14.6. The molecule has 0 aliphatic carbocycles. The lowest BCUT2D eigenvalue weighted by atomic mass is 10.1. The Hall–Kier alpha value is -2.09. The maximum atomic E-state index is 12.4. The van der Waals surface area contributed by atoms with Gasteiger partial charge in [-0.2, -0.15) is 0 Å². The highest BCUT2D eigenvalue weighted by molar-refractivity contribution is 5.77. The van der Waals surface area contributed by atoms with Gasteiger partial charge in [-0.05, 0) is 38.0 Å². The van der Waals surface area contributed by atoms with Crippen molar-refractivity contribution >= 4 is 6.03 Å². The number of nitrogens with zero attached hydrogens (tertiary/aromatic N) is 1. The molecule has 3 N–H and O–H groups in total. The maximum absolute atomic E-state index is 12.4. The molecule has 3 rings (SSSR count). The van der Waals surface area contributed by atoms with Crippen molar-refractivity contribution in [2.45, 2.75) is 51.9 Å².